The first-order valence-corrected chi connectivity index (χ1v) is 13.8. The third-order valence-corrected chi connectivity index (χ3v) is 8.67. The molecule has 1 fully saturated rings. The highest BCUT2D eigenvalue weighted by molar-refractivity contribution is 7.89. The summed E-state index contributed by atoms with van der Waals surface area (Å²) in [4.78, 5) is 9.29. The monoisotopic (exact) mass is 542 g/mol. The fraction of sp³-hybridized carbons (Fsp3) is 0.179. The van der Waals surface area contributed by atoms with Crippen molar-refractivity contribution < 1.29 is 17.2 Å². The number of anilines is 1. The standard InChI is InChI=1S/C28H23FN6O3S/c29-21-7-5-20(6-8-21)24-16-26-35(14-15-38-26)27(24)25-11-12-31-28(33-25)32-22-2-1-13-34(18-22)39(36,37)23-9-3-19(17-30)4-10-23/h3-12,14-16,22H,1-2,13,18H2,(H,31,32,33)/t22-/m0/s1. The van der Waals surface area contributed by atoms with E-state index < -0.39 is 10.0 Å². The minimum atomic E-state index is -3.71. The van der Waals surface area contributed by atoms with Gasteiger partial charge in [0.15, 0.2) is 0 Å². The van der Waals surface area contributed by atoms with Crippen LogP contribution in [0.2, 0.25) is 0 Å². The molecule has 4 heterocycles. The minimum Gasteiger partial charge on any atom is -0.447 e. The Kier molecular flexibility index (Phi) is 6.34. The minimum absolute atomic E-state index is 0.158. The number of benzene rings is 2. The molecule has 6 rings (SSSR count). The SMILES string of the molecule is N#Cc1ccc(S(=O)(=O)N2CCC[C@H](Nc3nccc(-c4c(-c5ccc(F)cc5)cc5occn45)n3)C2)cc1. The van der Waals surface area contributed by atoms with Crippen LogP contribution in [0.5, 0.6) is 0 Å². The molecule has 0 radical (unpaired) electrons. The van der Waals surface area contributed by atoms with Crippen LogP contribution in [0, 0.1) is 17.1 Å². The van der Waals surface area contributed by atoms with E-state index in [1.54, 1.807) is 36.9 Å². The Bertz CT molecular complexity index is 1790. The van der Waals surface area contributed by atoms with Crippen LogP contribution < -0.4 is 5.32 Å². The van der Waals surface area contributed by atoms with Gasteiger partial charge in [0.05, 0.1) is 27.9 Å². The molecule has 0 saturated carbocycles. The van der Waals surface area contributed by atoms with Gasteiger partial charge in [-0.2, -0.15) is 9.57 Å². The van der Waals surface area contributed by atoms with Gasteiger partial charge < -0.3 is 9.73 Å². The van der Waals surface area contributed by atoms with Crippen LogP contribution in [0.4, 0.5) is 10.3 Å². The molecule has 11 heteroatoms. The molecule has 196 valence electrons. The van der Waals surface area contributed by atoms with Crippen molar-refractivity contribution in [3.63, 3.8) is 0 Å². The van der Waals surface area contributed by atoms with Crippen LogP contribution in [0.3, 0.4) is 0 Å². The summed E-state index contributed by atoms with van der Waals surface area (Å²) in [6.45, 7) is 0.666. The summed E-state index contributed by atoms with van der Waals surface area (Å²) in [6.07, 6.45) is 6.45. The van der Waals surface area contributed by atoms with E-state index in [1.165, 1.54) is 40.7 Å². The van der Waals surface area contributed by atoms with Gasteiger partial charge in [0.1, 0.15) is 12.1 Å². The van der Waals surface area contributed by atoms with E-state index in [-0.39, 0.29) is 23.3 Å². The highest BCUT2D eigenvalue weighted by Gasteiger charge is 2.30. The molecule has 39 heavy (non-hydrogen) atoms. The van der Waals surface area contributed by atoms with Gasteiger partial charge in [0, 0.05) is 43.2 Å². The van der Waals surface area contributed by atoms with Gasteiger partial charge >= 0.3 is 0 Å². The molecule has 0 bridgehead atoms. The number of hydrogen-bond acceptors (Lipinski definition) is 7. The summed E-state index contributed by atoms with van der Waals surface area (Å²) in [6, 6.07) is 17.6. The van der Waals surface area contributed by atoms with Crippen molar-refractivity contribution in [1.82, 2.24) is 18.7 Å². The number of rotatable bonds is 6. The normalized spacial score (nSPS) is 16.3. The van der Waals surface area contributed by atoms with E-state index in [0.717, 1.165) is 23.2 Å². The Morgan fingerprint density at radius 2 is 1.90 bits per heavy atom. The van der Waals surface area contributed by atoms with Crippen LogP contribution in [0.25, 0.3) is 28.2 Å². The maximum absolute atomic E-state index is 13.6. The number of hydrogen-bond donors (Lipinski definition) is 1. The van der Waals surface area contributed by atoms with E-state index in [9.17, 15) is 12.8 Å². The van der Waals surface area contributed by atoms with Gasteiger partial charge in [-0.1, -0.05) is 12.1 Å². The van der Waals surface area contributed by atoms with Crippen molar-refractivity contribution in [3.05, 3.63) is 90.7 Å². The summed E-state index contributed by atoms with van der Waals surface area (Å²) in [5.41, 5.74) is 4.07. The van der Waals surface area contributed by atoms with Gasteiger partial charge in [-0.3, -0.25) is 4.40 Å². The number of halogens is 1. The Balaban J connectivity index is 1.26. The first-order valence-electron chi connectivity index (χ1n) is 12.4. The third kappa shape index (κ3) is 4.76. The van der Waals surface area contributed by atoms with Gasteiger partial charge in [-0.25, -0.2) is 22.8 Å². The lowest BCUT2D eigenvalue weighted by Gasteiger charge is -2.32. The summed E-state index contributed by atoms with van der Waals surface area (Å²) in [7, 11) is -3.71. The van der Waals surface area contributed by atoms with Crippen LogP contribution >= 0.6 is 0 Å². The lowest BCUT2D eigenvalue weighted by Crippen LogP contribution is -2.45. The molecule has 3 aromatic heterocycles. The zero-order valence-electron chi connectivity index (χ0n) is 20.7. The summed E-state index contributed by atoms with van der Waals surface area (Å²) in [5, 5.41) is 12.3. The Hall–Kier alpha value is -4.53. The number of nitrogens with one attached hydrogen (secondary N) is 1. The van der Waals surface area contributed by atoms with E-state index in [2.05, 4.69) is 10.3 Å². The molecule has 0 unspecified atom stereocenters. The average Bonchev–Trinajstić information content (AvgIpc) is 3.55. The molecule has 1 aliphatic heterocycles. The quantitative estimate of drug-likeness (QED) is 0.323. The number of piperidine rings is 1. The van der Waals surface area contributed by atoms with Crippen molar-refractivity contribution in [2.45, 2.75) is 23.8 Å². The van der Waals surface area contributed by atoms with Gasteiger partial charge in [-0.05, 0) is 60.9 Å². The van der Waals surface area contributed by atoms with Crippen LogP contribution in [0.1, 0.15) is 18.4 Å². The van der Waals surface area contributed by atoms with Crippen molar-refractivity contribution >= 4 is 21.7 Å². The number of nitrogens with zero attached hydrogens (tertiary/aromatic N) is 5. The van der Waals surface area contributed by atoms with Crippen molar-refractivity contribution in [2.75, 3.05) is 18.4 Å². The van der Waals surface area contributed by atoms with Gasteiger partial charge in [-0.15, -0.1) is 0 Å². The number of oxazole rings is 1. The molecule has 0 aliphatic carbocycles. The predicted octanol–water partition coefficient (Wildman–Crippen LogP) is 4.93. The fourth-order valence-corrected chi connectivity index (χ4v) is 6.41. The first kappa shape index (κ1) is 24.8. The highest BCUT2D eigenvalue weighted by atomic mass is 32.2. The Morgan fingerprint density at radius 3 is 2.67 bits per heavy atom. The topological polar surface area (TPSA) is 117 Å². The fourth-order valence-electron chi connectivity index (χ4n) is 4.88. The number of nitriles is 1. The van der Waals surface area contributed by atoms with Gasteiger partial charge in [0.2, 0.25) is 21.7 Å². The molecule has 0 spiro atoms. The van der Waals surface area contributed by atoms with E-state index in [4.69, 9.17) is 14.7 Å². The molecular weight excluding hydrogens is 519 g/mol. The Morgan fingerprint density at radius 1 is 1.10 bits per heavy atom. The van der Waals surface area contributed by atoms with Crippen LogP contribution in [-0.4, -0.2) is 46.2 Å². The lowest BCUT2D eigenvalue weighted by atomic mass is 10.0. The second-order valence-corrected chi connectivity index (χ2v) is 11.2. The smallest absolute Gasteiger partial charge is 0.243 e. The Labute approximate surface area is 224 Å². The zero-order chi connectivity index (χ0) is 27.0. The van der Waals surface area contributed by atoms with Crippen LogP contribution in [-0.2, 0) is 10.0 Å². The van der Waals surface area contributed by atoms with E-state index >= 15 is 0 Å². The summed E-state index contributed by atoms with van der Waals surface area (Å²) < 4.78 is 49.0. The van der Waals surface area contributed by atoms with Crippen molar-refractivity contribution in [3.8, 4) is 28.6 Å². The highest BCUT2D eigenvalue weighted by Crippen LogP contribution is 2.35. The molecule has 1 aliphatic rings. The van der Waals surface area contributed by atoms with Crippen molar-refractivity contribution in [1.29, 1.82) is 5.26 Å². The maximum Gasteiger partial charge on any atom is 0.243 e. The summed E-state index contributed by atoms with van der Waals surface area (Å²) in [5.74, 6) is 0.0538. The number of sulfonamides is 1. The predicted molar refractivity (Wildman–Crippen MR) is 143 cm³/mol. The third-order valence-electron chi connectivity index (χ3n) is 6.79. The first-order chi connectivity index (χ1) is 18.9. The van der Waals surface area contributed by atoms with Gasteiger partial charge in [0.25, 0.3) is 0 Å². The molecule has 1 atom stereocenters. The molecule has 1 saturated heterocycles. The number of aromatic nitrogens is 3. The largest absolute Gasteiger partial charge is 0.447 e. The number of fused-ring (bicyclic) bond motifs is 1. The van der Waals surface area contributed by atoms with Crippen LogP contribution in [0.15, 0.2) is 88.6 Å². The molecule has 1 N–H and O–H groups in total. The molecule has 2 aromatic carbocycles. The maximum atomic E-state index is 13.6. The summed E-state index contributed by atoms with van der Waals surface area (Å²) >= 11 is 0. The molecule has 5 aromatic rings. The molecule has 0 amide bonds. The van der Waals surface area contributed by atoms with Crippen molar-refractivity contribution in [2.24, 2.45) is 0 Å². The molecule has 9 nitrogen and oxygen atoms in total. The average molecular weight is 543 g/mol. The van der Waals surface area contributed by atoms with E-state index in [1.807, 2.05) is 16.5 Å². The lowest BCUT2D eigenvalue weighted by molar-refractivity contribution is 0.326. The second kappa shape index (κ2) is 9.98. The molecular formula is C28H23FN6O3S. The zero-order valence-corrected chi connectivity index (χ0v) is 21.5. The van der Waals surface area contributed by atoms with E-state index in [0.29, 0.717) is 35.9 Å². The second-order valence-electron chi connectivity index (χ2n) is 9.27.